The number of rotatable bonds is 9. The van der Waals surface area contributed by atoms with Gasteiger partial charge in [0.05, 0.1) is 22.7 Å². The van der Waals surface area contributed by atoms with Gasteiger partial charge in [0.2, 0.25) is 15.9 Å². The van der Waals surface area contributed by atoms with Crippen molar-refractivity contribution in [1.82, 2.24) is 14.5 Å². The number of hydrogen-bond donors (Lipinski definition) is 1. The largest absolute Gasteiger partial charge is 0.497 e. The zero-order valence-electron chi connectivity index (χ0n) is 21.0. The summed E-state index contributed by atoms with van der Waals surface area (Å²) < 4.78 is 33.7. The fraction of sp³-hybridized carbons (Fsp3) is 0.259. The van der Waals surface area contributed by atoms with Crippen LogP contribution in [0.3, 0.4) is 0 Å². The van der Waals surface area contributed by atoms with Crippen LogP contribution in [0.5, 0.6) is 5.75 Å². The van der Waals surface area contributed by atoms with Gasteiger partial charge in [-0.05, 0) is 53.9 Å². The van der Waals surface area contributed by atoms with E-state index in [9.17, 15) is 18.0 Å². The van der Waals surface area contributed by atoms with Gasteiger partial charge in [-0.1, -0.05) is 59.1 Å². The Morgan fingerprint density at radius 1 is 0.974 bits per heavy atom. The minimum Gasteiger partial charge on any atom is -0.497 e. The Bertz CT molecular complexity index is 1480. The molecule has 8 nitrogen and oxygen atoms in total. The highest BCUT2D eigenvalue weighted by molar-refractivity contribution is 7.89. The molecule has 1 saturated heterocycles. The maximum absolute atomic E-state index is 13.3. The molecule has 2 amide bonds. The number of benzene rings is 3. The van der Waals surface area contributed by atoms with Crippen LogP contribution in [0.15, 0.2) is 65.6 Å². The molecule has 0 atom stereocenters. The van der Waals surface area contributed by atoms with Gasteiger partial charge in [-0.15, -0.1) is 0 Å². The van der Waals surface area contributed by atoms with Crippen LogP contribution in [0.2, 0.25) is 15.1 Å². The first-order chi connectivity index (χ1) is 18.6. The van der Waals surface area contributed by atoms with Gasteiger partial charge >= 0.3 is 0 Å². The van der Waals surface area contributed by atoms with Gasteiger partial charge in [0.25, 0.3) is 5.91 Å². The van der Waals surface area contributed by atoms with Gasteiger partial charge in [-0.3, -0.25) is 9.59 Å². The third kappa shape index (κ3) is 7.23. The number of nitrogens with zero attached hydrogens (tertiary/aromatic N) is 2. The summed E-state index contributed by atoms with van der Waals surface area (Å²) in [6, 6.07) is 16.9. The van der Waals surface area contributed by atoms with Crippen molar-refractivity contribution in [2.24, 2.45) is 0 Å². The number of amides is 2. The molecule has 0 aromatic heterocycles. The fourth-order valence-corrected chi connectivity index (χ4v) is 6.27. The molecule has 12 heteroatoms. The number of halogens is 3. The highest BCUT2D eigenvalue weighted by Crippen LogP contribution is 2.30. The zero-order valence-corrected chi connectivity index (χ0v) is 24.1. The van der Waals surface area contributed by atoms with Crippen molar-refractivity contribution < 1.29 is 22.7 Å². The Balaban J connectivity index is 1.43. The number of methoxy groups -OCH3 is 1. The van der Waals surface area contributed by atoms with E-state index in [0.29, 0.717) is 30.3 Å². The average molecular weight is 611 g/mol. The molecule has 0 aliphatic carbocycles. The van der Waals surface area contributed by atoms with E-state index in [1.165, 1.54) is 11.0 Å². The monoisotopic (exact) mass is 609 g/mol. The first-order valence-corrected chi connectivity index (χ1v) is 14.6. The molecular weight excluding hydrogens is 585 g/mol. The minimum atomic E-state index is -4.06. The van der Waals surface area contributed by atoms with E-state index in [1.807, 2.05) is 24.3 Å². The molecule has 0 unspecified atom stereocenters. The van der Waals surface area contributed by atoms with Crippen LogP contribution >= 0.6 is 34.8 Å². The van der Waals surface area contributed by atoms with Gasteiger partial charge in [0.15, 0.2) is 0 Å². The van der Waals surface area contributed by atoms with E-state index >= 15 is 0 Å². The first kappa shape index (κ1) is 29.2. The molecule has 1 N–H and O–H groups in total. The second kappa shape index (κ2) is 12.6. The summed E-state index contributed by atoms with van der Waals surface area (Å²) in [5.41, 5.74) is 1.74. The van der Waals surface area contributed by atoms with Crippen LogP contribution in [0.1, 0.15) is 21.5 Å². The van der Waals surface area contributed by atoms with E-state index in [2.05, 4.69) is 4.72 Å². The van der Waals surface area contributed by atoms with Crippen LogP contribution < -0.4 is 9.46 Å². The number of nitrogens with one attached hydrogen (secondary N) is 1. The number of carbonyl (C=O) groups excluding carboxylic acids is 2. The minimum absolute atomic E-state index is 0.00371. The summed E-state index contributed by atoms with van der Waals surface area (Å²) in [5.74, 6) is -0.0940. The zero-order chi connectivity index (χ0) is 28.2. The Morgan fingerprint density at radius 2 is 1.72 bits per heavy atom. The number of sulfonamides is 1. The molecule has 1 aliphatic heterocycles. The number of hydrogen-bond acceptors (Lipinski definition) is 5. The second-order valence-electron chi connectivity index (χ2n) is 8.93. The van der Waals surface area contributed by atoms with E-state index in [0.717, 1.165) is 17.2 Å². The third-order valence-electron chi connectivity index (χ3n) is 6.27. The van der Waals surface area contributed by atoms with Gasteiger partial charge in [-0.25, -0.2) is 13.1 Å². The SMILES string of the molecule is COc1ccc(CCNS(=O)(=O)c2cc(C(=O)N3CCN(Cc4cccc(Cl)c4)C(=O)C3)c(Cl)cc2Cl)cc1. The van der Waals surface area contributed by atoms with Crippen molar-refractivity contribution in [2.45, 2.75) is 17.9 Å². The van der Waals surface area contributed by atoms with Gasteiger partial charge < -0.3 is 14.5 Å². The van der Waals surface area contributed by atoms with Crippen LogP contribution in [-0.2, 0) is 27.8 Å². The summed E-state index contributed by atoms with van der Waals surface area (Å²) in [5, 5.41) is 0.457. The Labute approximate surface area is 242 Å². The Morgan fingerprint density at radius 3 is 2.38 bits per heavy atom. The van der Waals surface area contributed by atoms with Crippen LogP contribution in [0.25, 0.3) is 0 Å². The Hall–Kier alpha value is -2.82. The molecule has 0 saturated carbocycles. The predicted octanol–water partition coefficient (Wildman–Crippen LogP) is 4.66. The van der Waals surface area contributed by atoms with Gasteiger partial charge in [0, 0.05) is 31.2 Å². The third-order valence-corrected chi connectivity index (χ3v) is 8.75. The molecule has 0 radical (unpaired) electrons. The van der Waals surface area contributed by atoms with Crippen molar-refractivity contribution in [1.29, 1.82) is 0 Å². The van der Waals surface area contributed by atoms with Crippen LogP contribution in [0.4, 0.5) is 0 Å². The number of carbonyl (C=O) groups is 2. The van der Waals surface area contributed by atoms with Crippen molar-refractivity contribution in [3.8, 4) is 5.75 Å². The topological polar surface area (TPSA) is 96.0 Å². The van der Waals surface area contributed by atoms with Gasteiger partial charge in [0.1, 0.15) is 17.2 Å². The molecule has 1 fully saturated rings. The quantitative estimate of drug-likeness (QED) is 0.380. The maximum atomic E-state index is 13.3. The molecule has 0 bridgehead atoms. The van der Waals surface area contributed by atoms with E-state index in [4.69, 9.17) is 39.5 Å². The smallest absolute Gasteiger partial charge is 0.255 e. The van der Waals surface area contributed by atoms with Crippen LogP contribution in [-0.4, -0.2) is 63.3 Å². The lowest BCUT2D eigenvalue weighted by atomic mass is 10.1. The van der Waals surface area contributed by atoms with E-state index in [1.54, 1.807) is 36.3 Å². The Kier molecular flexibility index (Phi) is 9.40. The summed E-state index contributed by atoms with van der Waals surface area (Å²) in [4.78, 5) is 28.8. The molecule has 39 heavy (non-hydrogen) atoms. The summed E-state index contributed by atoms with van der Waals surface area (Å²) >= 11 is 18.6. The van der Waals surface area contributed by atoms with Crippen molar-refractivity contribution in [2.75, 3.05) is 33.3 Å². The van der Waals surface area contributed by atoms with E-state index in [-0.39, 0.29) is 46.0 Å². The normalized spacial score (nSPS) is 14.0. The second-order valence-corrected chi connectivity index (χ2v) is 11.9. The average Bonchev–Trinajstić information content (AvgIpc) is 2.90. The van der Waals surface area contributed by atoms with Crippen molar-refractivity contribution in [3.05, 3.63) is 92.4 Å². The molecule has 1 heterocycles. The number of piperazine rings is 1. The summed E-state index contributed by atoms with van der Waals surface area (Å²) in [6.07, 6.45) is 0.432. The number of ether oxygens (including phenoxy) is 1. The maximum Gasteiger partial charge on any atom is 0.255 e. The molecule has 206 valence electrons. The standard InChI is InChI=1S/C27H26Cl3N3O5S/c1-38-21-7-5-18(6-8-21)9-10-31-39(36,37)25-14-22(23(29)15-24(25)30)27(35)33-12-11-32(26(34)17-33)16-19-3-2-4-20(28)13-19/h2-8,13-15,31H,9-12,16-17H2,1H3. The molecule has 4 rings (SSSR count). The molecule has 3 aromatic carbocycles. The van der Waals surface area contributed by atoms with Crippen molar-refractivity contribution >= 4 is 56.6 Å². The molecular formula is C27H26Cl3N3O5S. The van der Waals surface area contributed by atoms with E-state index < -0.39 is 15.9 Å². The van der Waals surface area contributed by atoms with Crippen molar-refractivity contribution in [3.63, 3.8) is 0 Å². The lowest BCUT2D eigenvalue weighted by molar-refractivity contribution is -0.135. The van der Waals surface area contributed by atoms with Crippen LogP contribution in [0, 0.1) is 0 Å². The lowest BCUT2D eigenvalue weighted by Crippen LogP contribution is -2.51. The highest BCUT2D eigenvalue weighted by Gasteiger charge is 2.30. The predicted molar refractivity (Wildman–Crippen MR) is 151 cm³/mol. The first-order valence-electron chi connectivity index (χ1n) is 12.0. The highest BCUT2D eigenvalue weighted by atomic mass is 35.5. The molecule has 0 spiro atoms. The lowest BCUT2D eigenvalue weighted by Gasteiger charge is -2.34. The summed E-state index contributed by atoms with van der Waals surface area (Å²) in [6.45, 7) is 0.876. The molecule has 1 aliphatic rings. The fourth-order valence-electron chi connectivity index (χ4n) is 4.17. The van der Waals surface area contributed by atoms with Gasteiger partial charge in [-0.2, -0.15) is 0 Å². The summed E-state index contributed by atoms with van der Waals surface area (Å²) in [7, 11) is -2.49. The molecule has 3 aromatic rings.